The van der Waals surface area contributed by atoms with E-state index in [4.69, 9.17) is 54.5 Å². The molecule has 0 saturated carbocycles. The zero-order valence-corrected chi connectivity index (χ0v) is 37.9. The molecule has 2 aromatic carbocycles. The number of hydrogen-bond acceptors (Lipinski definition) is 17. The first-order chi connectivity index (χ1) is 31.7. The van der Waals surface area contributed by atoms with E-state index in [2.05, 4.69) is 27.4 Å². The van der Waals surface area contributed by atoms with Gasteiger partial charge in [0.05, 0.1) is 136 Å². The van der Waals surface area contributed by atoms with Gasteiger partial charge in [0, 0.05) is 38.8 Å². The van der Waals surface area contributed by atoms with Gasteiger partial charge >= 0.3 is 0 Å². The number of ether oxygens (including phenoxy) is 8. The molecule has 0 aliphatic carbocycles. The Morgan fingerprint density at radius 1 is 0.738 bits per heavy atom. The summed E-state index contributed by atoms with van der Waals surface area (Å²) in [6, 6.07) is 11.2. The first-order valence-electron chi connectivity index (χ1n) is 22.2. The van der Waals surface area contributed by atoms with Gasteiger partial charge in [-0.2, -0.15) is 5.10 Å². The number of nitrogens with two attached hydrogens (primary N) is 2. The zero-order valence-electron chi connectivity index (χ0n) is 37.9. The second kappa shape index (κ2) is 28.8. The van der Waals surface area contributed by atoms with Crippen LogP contribution in [0.25, 0.3) is 22.3 Å². The molecule has 65 heavy (non-hydrogen) atoms. The maximum Gasteiger partial charge on any atom is 0.225 e. The second-order valence-electron chi connectivity index (χ2n) is 15.2. The van der Waals surface area contributed by atoms with Crippen LogP contribution in [0.2, 0.25) is 0 Å². The number of likely N-dealkylation sites (N-methyl/N-ethyl adjacent to an activating group) is 2. The molecule has 3 heterocycles. The van der Waals surface area contributed by atoms with E-state index in [1.54, 1.807) is 28.8 Å². The number of fused-ring (bicyclic) bond motifs is 2. The van der Waals surface area contributed by atoms with Crippen molar-refractivity contribution in [1.29, 1.82) is 0 Å². The first-order valence-corrected chi connectivity index (χ1v) is 22.2. The maximum absolute atomic E-state index is 13.0. The van der Waals surface area contributed by atoms with Crippen molar-refractivity contribution in [3.8, 4) is 17.0 Å². The summed E-state index contributed by atoms with van der Waals surface area (Å²) in [4.78, 5) is 37.5. The molecule has 2 amide bonds. The summed E-state index contributed by atoms with van der Waals surface area (Å²) in [6.45, 7) is 10.1. The van der Waals surface area contributed by atoms with Crippen LogP contribution in [0.5, 0.6) is 5.75 Å². The molecule has 0 bridgehead atoms. The lowest BCUT2D eigenvalue weighted by molar-refractivity contribution is -0.133. The number of anilines is 2. The topological polar surface area (TPSA) is 242 Å². The smallest absolute Gasteiger partial charge is 0.225 e. The van der Waals surface area contributed by atoms with Gasteiger partial charge in [-0.3, -0.25) is 9.59 Å². The number of nitrogens with zero attached hydrogens (tertiary/aromatic N) is 6. The number of nitrogen functional groups attached to an aromatic ring is 2. The summed E-state index contributed by atoms with van der Waals surface area (Å²) < 4.78 is 46.0. The Labute approximate surface area is 380 Å². The standard InChI is InChI=1S/C45H67N9O11/c1-48-10-15-60-19-23-64-27-25-62-21-17-58-13-8-40(56)52(2)12-16-61-20-24-65-28-26-63-22-18-59-14-9-41(57)53-11-7-35-29-34(3-4-37(35)32-53)31-54-45-42(44(47)49-33-50-45)43(51-54)36-5-6-39(55)38(46)30-36/h3-6,29-30,33,48,55H,7-28,31-32,46H2,1-2H3,(H2,47,49,50). The number of carbonyl (C=O) groups excluding carboxylic acids is 2. The van der Waals surface area contributed by atoms with Crippen molar-refractivity contribution in [2.24, 2.45) is 0 Å². The van der Waals surface area contributed by atoms with Gasteiger partial charge in [-0.15, -0.1) is 0 Å². The molecule has 0 fully saturated rings. The Morgan fingerprint density at radius 3 is 1.97 bits per heavy atom. The van der Waals surface area contributed by atoms with E-state index in [1.165, 1.54) is 18.0 Å². The molecule has 0 spiro atoms. The number of phenolic OH excluding ortho intramolecular Hbond substituents is 1. The molecule has 5 rings (SSSR count). The van der Waals surface area contributed by atoms with Crippen LogP contribution < -0.4 is 16.8 Å². The number of aromatic nitrogens is 4. The van der Waals surface area contributed by atoms with E-state index in [-0.39, 0.29) is 23.3 Å². The first kappa shape index (κ1) is 51.0. The molecule has 2 aromatic heterocycles. The average Bonchev–Trinajstić information content (AvgIpc) is 3.68. The number of amides is 2. The molecule has 0 atom stereocenters. The van der Waals surface area contributed by atoms with Gasteiger partial charge in [0.2, 0.25) is 11.8 Å². The lowest BCUT2D eigenvalue weighted by Gasteiger charge is -2.29. The fourth-order valence-electron chi connectivity index (χ4n) is 6.83. The number of phenols is 1. The summed E-state index contributed by atoms with van der Waals surface area (Å²) in [5.74, 6) is 0.339. The van der Waals surface area contributed by atoms with Crippen LogP contribution in [0.15, 0.2) is 42.7 Å². The summed E-state index contributed by atoms with van der Waals surface area (Å²) >= 11 is 0. The fraction of sp³-hybridized carbons (Fsp3) is 0.578. The Morgan fingerprint density at radius 2 is 1.34 bits per heavy atom. The summed E-state index contributed by atoms with van der Waals surface area (Å²) in [6.07, 6.45) is 2.75. The fourth-order valence-corrected chi connectivity index (χ4v) is 6.83. The molecule has 4 aromatic rings. The van der Waals surface area contributed by atoms with Gasteiger partial charge in [-0.1, -0.05) is 18.2 Å². The van der Waals surface area contributed by atoms with Gasteiger partial charge < -0.3 is 69.6 Å². The molecule has 1 aliphatic rings. The highest BCUT2D eigenvalue weighted by atomic mass is 16.6. The van der Waals surface area contributed by atoms with Crippen LogP contribution in [0, 0.1) is 0 Å². The molecule has 6 N–H and O–H groups in total. The van der Waals surface area contributed by atoms with Crippen molar-refractivity contribution in [1.82, 2.24) is 34.9 Å². The SMILES string of the molecule is CNCCOCCOCCOCCOCCC(=O)N(C)CCOCCOCCOCCOCCC(=O)N1CCc2cc(Cn3nc(-c4ccc(O)c(N)c4)c4c(N)ncnc43)ccc2C1. The maximum atomic E-state index is 13.0. The van der Waals surface area contributed by atoms with Crippen molar-refractivity contribution >= 4 is 34.4 Å². The summed E-state index contributed by atoms with van der Waals surface area (Å²) in [5, 5.41) is 18.4. The van der Waals surface area contributed by atoms with Crippen molar-refractivity contribution < 1.29 is 52.6 Å². The Kier molecular flexibility index (Phi) is 22.6. The highest BCUT2D eigenvalue weighted by Crippen LogP contribution is 2.34. The lowest BCUT2D eigenvalue weighted by atomic mass is 9.97. The van der Waals surface area contributed by atoms with Gasteiger partial charge in [-0.05, 0) is 48.4 Å². The lowest BCUT2D eigenvalue weighted by Crippen LogP contribution is -2.36. The monoisotopic (exact) mass is 909 g/mol. The molecular formula is C45H67N9O11. The molecule has 20 heteroatoms. The number of benzene rings is 2. The number of carbonyl (C=O) groups is 2. The van der Waals surface area contributed by atoms with Crippen LogP contribution in [-0.4, -0.2) is 186 Å². The minimum absolute atomic E-state index is 0.00782. The largest absolute Gasteiger partial charge is 0.506 e. The third kappa shape index (κ3) is 17.4. The van der Waals surface area contributed by atoms with Gasteiger partial charge in [-0.25, -0.2) is 14.6 Å². The zero-order chi connectivity index (χ0) is 46.1. The van der Waals surface area contributed by atoms with Crippen molar-refractivity contribution in [3.63, 3.8) is 0 Å². The van der Waals surface area contributed by atoms with Gasteiger partial charge in [0.1, 0.15) is 23.6 Å². The number of aromatic hydroxyl groups is 1. The minimum atomic E-state index is -0.00955. The third-order valence-corrected chi connectivity index (χ3v) is 10.5. The molecule has 20 nitrogen and oxygen atoms in total. The van der Waals surface area contributed by atoms with E-state index in [9.17, 15) is 14.7 Å². The van der Waals surface area contributed by atoms with E-state index in [0.717, 1.165) is 24.1 Å². The van der Waals surface area contributed by atoms with E-state index in [0.29, 0.717) is 173 Å². The average molecular weight is 910 g/mol. The van der Waals surface area contributed by atoms with E-state index < -0.39 is 0 Å². The minimum Gasteiger partial charge on any atom is -0.506 e. The Hall–Kier alpha value is -5.03. The predicted octanol–water partition coefficient (Wildman–Crippen LogP) is 1.89. The van der Waals surface area contributed by atoms with Crippen molar-refractivity contribution in [2.45, 2.75) is 32.4 Å². The van der Waals surface area contributed by atoms with E-state index in [1.807, 2.05) is 18.0 Å². The van der Waals surface area contributed by atoms with Gasteiger partial charge in [0.15, 0.2) is 5.65 Å². The van der Waals surface area contributed by atoms with Crippen LogP contribution in [0.3, 0.4) is 0 Å². The molecular weight excluding hydrogens is 843 g/mol. The van der Waals surface area contributed by atoms with Crippen LogP contribution in [0.4, 0.5) is 11.5 Å². The van der Waals surface area contributed by atoms with Crippen LogP contribution >= 0.6 is 0 Å². The summed E-state index contributed by atoms with van der Waals surface area (Å²) in [7, 11) is 3.63. The second-order valence-corrected chi connectivity index (χ2v) is 15.2. The normalized spacial score (nSPS) is 12.6. The van der Waals surface area contributed by atoms with Crippen molar-refractivity contribution in [2.75, 3.05) is 151 Å². The predicted molar refractivity (Wildman–Crippen MR) is 243 cm³/mol. The highest BCUT2D eigenvalue weighted by Gasteiger charge is 2.22. The number of rotatable bonds is 33. The number of hydrogen-bond donors (Lipinski definition) is 4. The highest BCUT2D eigenvalue weighted by molar-refractivity contribution is 5.98. The van der Waals surface area contributed by atoms with Crippen molar-refractivity contribution in [3.05, 3.63) is 59.4 Å². The molecule has 0 unspecified atom stereocenters. The molecule has 0 radical (unpaired) electrons. The Balaban J connectivity index is 0.835. The number of nitrogens with one attached hydrogen (secondary N) is 1. The Bertz CT molecular complexity index is 2040. The molecule has 0 saturated heterocycles. The van der Waals surface area contributed by atoms with Crippen LogP contribution in [-0.2, 0) is 67.0 Å². The molecule has 358 valence electrons. The van der Waals surface area contributed by atoms with Gasteiger partial charge in [0.25, 0.3) is 0 Å². The quantitative estimate of drug-likeness (QED) is 0.0303. The van der Waals surface area contributed by atoms with Crippen LogP contribution in [0.1, 0.15) is 29.5 Å². The summed E-state index contributed by atoms with van der Waals surface area (Å²) in [5.41, 5.74) is 17.7. The molecule has 1 aliphatic heterocycles. The third-order valence-electron chi connectivity index (χ3n) is 10.5. The van der Waals surface area contributed by atoms with E-state index >= 15 is 0 Å².